The Morgan fingerprint density at radius 2 is 1.62 bits per heavy atom. The van der Waals surface area contributed by atoms with Crippen molar-refractivity contribution in [2.45, 2.75) is 32.1 Å². The zero-order valence-electron chi connectivity index (χ0n) is 9.04. The van der Waals surface area contributed by atoms with E-state index in [1.165, 1.54) is 32.1 Å². The third-order valence-corrected chi connectivity index (χ3v) is 2.26. The van der Waals surface area contributed by atoms with Gasteiger partial charge in [0.1, 0.15) is 0 Å². The predicted octanol–water partition coefficient (Wildman–Crippen LogP) is 0.187. The van der Waals surface area contributed by atoms with E-state index in [1.54, 1.807) is 0 Å². The SMILES string of the molecule is NC(N)=NCC1CCCCC1.O=S(=O)(O)O. The van der Waals surface area contributed by atoms with Gasteiger partial charge in [0.2, 0.25) is 0 Å². The highest BCUT2D eigenvalue weighted by atomic mass is 32.3. The molecular weight excluding hydrogens is 234 g/mol. The van der Waals surface area contributed by atoms with Gasteiger partial charge >= 0.3 is 10.4 Å². The lowest BCUT2D eigenvalue weighted by Gasteiger charge is -2.19. The maximum absolute atomic E-state index is 8.74. The summed E-state index contributed by atoms with van der Waals surface area (Å²) >= 11 is 0. The molecule has 0 aromatic carbocycles. The highest BCUT2D eigenvalue weighted by molar-refractivity contribution is 7.79. The van der Waals surface area contributed by atoms with E-state index in [4.69, 9.17) is 29.0 Å². The second-order valence-electron chi connectivity index (χ2n) is 3.72. The van der Waals surface area contributed by atoms with Gasteiger partial charge in [-0.2, -0.15) is 8.42 Å². The summed E-state index contributed by atoms with van der Waals surface area (Å²) < 4.78 is 31.6. The average molecular weight is 253 g/mol. The first-order valence-electron chi connectivity index (χ1n) is 5.04. The van der Waals surface area contributed by atoms with Crippen LogP contribution in [-0.4, -0.2) is 30.0 Å². The largest absolute Gasteiger partial charge is 0.394 e. The van der Waals surface area contributed by atoms with E-state index in [0.29, 0.717) is 0 Å². The molecule has 16 heavy (non-hydrogen) atoms. The van der Waals surface area contributed by atoms with Crippen molar-refractivity contribution in [2.24, 2.45) is 22.4 Å². The molecule has 7 nitrogen and oxygen atoms in total. The molecule has 6 N–H and O–H groups in total. The first-order valence-corrected chi connectivity index (χ1v) is 6.44. The minimum absolute atomic E-state index is 0.232. The zero-order valence-corrected chi connectivity index (χ0v) is 9.86. The number of hydrogen-bond acceptors (Lipinski definition) is 3. The minimum atomic E-state index is -4.67. The molecule has 0 amide bonds. The molecule has 1 saturated carbocycles. The fourth-order valence-electron chi connectivity index (χ4n) is 1.60. The maximum atomic E-state index is 8.74. The van der Waals surface area contributed by atoms with Crippen LogP contribution in [0.1, 0.15) is 32.1 Å². The summed E-state index contributed by atoms with van der Waals surface area (Å²) in [7, 11) is -4.67. The van der Waals surface area contributed by atoms with Gasteiger partial charge in [0.25, 0.3) is 0 Å². The minimum Gasteiger partial charge on any atom is -0.370 e. The zero-order chi connectivity index (χ0) is 12.6. The van der Waals surface area contributed by atoms with E-state index >= 15 is 0 Å². The molecular formula is C8H19N3O4S. The monoisotopic (exact) mass is 253 g/mol. The van der Waals surface area contributed by atoms with Gasteiger partial charge in [0.15, 0.2) is 5.96 Å². The Hall–Kier alpha value is -0.860. The Labute approximate surface area is 95.5 Å². The van der Waals surface area contributed by atoms with Crippen LogP contribution in [-0.2, 0) is 10.4 Å². The summed E-state index contributed by atoms with van der Waals surface area (Å²) in [6.45, 7) is 0.836. The molecule has 0 aromatic rings. The van der Waals surface area contributed by atoms with Gasteiger partial charge in [-0.3, -0.25) is 14.1 Å². The van der Waals surface area contributed by atoms with Gasteiger partial charge in [0.05, 0.1) is 0 Å². The van der Waals surface area contributed by atoms with E-state index in [9.17, 15) is 0 Å². The molecule has 0 heterocycles. The van der Waals surface area contributed by atoms with Crippen molar-refractivity contribution in [3.8, 4) is 0 Å². The number of guanidine groups is 1. The first-order chi connectivity index (χ1) is 7.29. The normalized spacial score (nSPS) is 17.1. The Morgan fingerprint density at radius 3 is 2.00 bits per heavy atom. The summed E-state index contributed by atoms with van der Waals surface area (Å²) in [6, 6.07) is 0. The standard InChI is InChI=1S/C8H17N3.H2O4S/c9-8(10)11-6-7-4-2-1-3-5-7;1-5(2,3)4/h7H,1-6H2,(H4,9,10,11);(H2,1,2,3,4). The molecule has 0 aromatic heterocycles. The second-order valence-corrected chi connectivity index (χ2v) is 4.61. The van der Waals surface area contributed by atoms with Crippen molar-refractivity contribution >= 4 is 16.4 Å². The number of hydrogen-bond donors (Lipinski definition) is 4. The van der Waals surface area contributed by atoms with Crippen LogP contribution in [0.25, 0.3) is 0 Å². The summed E-state index contributed by atoms with van der Waals surface area (Å²) in [6.07, 6.45) is 6.70. The molecule has 0 atom stereocenters. The highest BCUT2D eigenvalue weighted by Crippen LogP contribution is 2.23. The van der Waals surface area contributed by atoms with Crippen molar-refractivity contribution in [1.29, 1.82) is 0 Å². The lowest BCUT2D eigenvalue weighted by Crippen LogP contribution is -2.24. The van der Waals surface area contributed by atoms with Gasteiger partial charge in [-0.1, -0.05) is 19.3 Å². The Bertz CT molecular complexity index is 297. The molecule has 0 spiro atoms. The molecule has 0 saturated heterocycles. The predicted molar refractivity (Wildman–Crippen MR) is 61.4 cm³/mol. The van der Waals surface area contributed by atoms with Crippen molar-refractivity contribution < 1.29 is 17.5 Å². The quantitative estimate of drug-likeness (QED) is 0.314. The lowest BCUT2D eigenvalue weighted by atomic mass is 9.89. The van der Waals surface area contributed by atoms with Crippen LogP contribution in [0.2, 0.25) is 0 Å². The van der Waals surface area contributed by atoms with Gasteiger partial charge in [-0.15, -0.1) is 0 Å². The molecule has 1 aliphatic rings. The lowest BCUT2D eigenvalue weighted by molar-refractivity contribution is 0.367. The summed E-state index contributed by atoms with van der Waals surface area (Å²) in [5, 5.41) is 0. The average Bonchev–Trinajstić information content (AvgIpc) is 2.14. The molecule has 0 radical (unpaired) electrons. The number of nitrogens with two attached hydrogens (primary N) is 2. The topological polar surface area (TPSA) is 139 Å². The van der Waals surface area contributed by atoms with Crippen LogP contribution < -0.4 is 11.5 Å². The second kappa shape index (κ2) is 7.42. The molecule has 0 aliphatic heterocycles. The van der Waals surface area contributed by atoms with E-state index < -0.39 is 10.4 Å². The summed E-state index contributed by atoms with van der Waals surface area (Å²) in [4.78, 5) is 4.02. The maximum Gasteiger partial charge on any atom is 0.394 e. The van der Waals surface area contributed by atoms with Crippen LogP contribution in [0.5, 0.6) is 0 Å². The van der Waals surface area contributed by atoms with Crippen molar-refractivity contribution in [1.82, 2.24) is 0 Å². The third kappa shape index (κ3) is 13.1. The smallest absolute Gasteiger partial charge is 0.370 e. The van der Waals surface area contributed by atoms with Crippen LogP contribution in [0.3, 0.4) is 0 Å². The summed E-state index contributed by atoms with van der Waals surface area (Å²) in [5.74, 6) is 0.974. The van der Waals surface area contributed by atoms with Gasteiger partial charge < -0.3 is 11.5 Å². The fourth-order valence-corrected chi connectivity index (χ4v) is 1.60. The molecule has 0 unspecified atom stereocenters. The molecule has 96 valence electrons. The number of nitrogens with zero attached hydrogens (tertiary/aromatic N) is 1. The Kier molecular flexibility index (Phi) is 7.02. The van der Waals surface area contributed by atoms with Crippen LogP contribution in [0, 0.1) is 5.92 Å². The van der Waals surface area contributed by atoms with Crippen LogP contribution in [0.4, 0.5) is 0 Å². The molecule has 1 rings (SSSR count). The van der Waals surface area contributed by atoms with Crippen molar-refractivity contribution in [3.63, 3.8) is 0 Å². The molecule has 1 fully saturated rings. The first kappa shape index (κ1) is 15.1. The van der Waals surface area contributed by atoms with Crippen LogP contribution >= 0.6 is 0 Å². The molecule has 1 aliphatic carbocycles. The fraction of sp³-hybridized carbons (Fsp3) is 0.875. The molecule has 8 heteroatoms. The summed E-state index contributed by atoms with van der Waals surface area (Å²) in [5.41, 5.74) is 10.5. The third-order valence-electron chi connectivity index (χ3n) is 2.26. The highest BCUT2D eigenvalue weighted by Gasteiger charge is 2.11. The van der Waals surface area contributed by atoms with E-state index in [1.807, 2.05) is 0 Å². The number of rotatable bonds is 2. The van der Waals surface area contributed by atoms with E-state index in [0.717, 1.165) is 12.5 Å². The van der Waals surface area contributed by atoms with E-state index in [2.05, 4.69) is 4.99 Å². The van der Waals surface area contributed by atoms with Crippen LogP contribution in [0.15, 0.2) is 4.99 Å². The van der Waals surface area contributed by atoms with Gasteiger partial charge in [-0.25, -0.2) is 0 Å². The molecule has 0 bridgehead atoms. The van der Waals surface area contributed by atoms with Gasteiger partial charge in [-0.05, 0) is 18.8 Å². The van der Waals surface area contributed by atoms with Gasteiger partial charge in [0, 0.05) is 6.54 Å². The van der Waals surface area contributed by atoms with Crippen molar-refractivity contribution in [3.05, 3.63) is 0 Å². The van der Waals surface area contributed by atoms with Crippen molar-refractivity contribution in [2.75, 3.05) is 6.54 Å². The Balaban J connectivity index is 0.000000385. The Morgan fingerprint density at radius 1 is 1.19 bits per heavy atom. The number of aliphatic imine (C=N–C) groups is 1. The van der Waals surface area contributed by atoms with E-state index in [-0.39, 0.29) is 5.96 Å².